The van der Waals surface area contributed by atoms with Gasteiger partial charge in [0.25, 0.3) is 0 Å². The zero-order valence-electron chi connectivity index (χ0n) is 11.7. The van der Waals surface area contributed by atoms with Gasteiger partial charge in [0.2, 0.25) is 0 Å². The zero-order chi connectivity index (χ0) is 13.6. The van der Waals surface area contributed by atoms with Crippen LogP contribution in [0.5, 0.6) is 0 Å². The third-order valence-corrected chi connectivity index (χ3v) is 6.02. The Kier molecular flexibility index (Phi) is 2.93. The standard InChI is InChI=1S/C17H20N2S/c18-17(9-5-1-2-6-10-17)16-19-15-13-8-4-3-7-12(13)11-14(15)20-16/h3-4,7-8H,1-2,5-6,9-11,18H2. The lowest BCUT2D eigenvalue weighted by molar-refractivity contribution is 0.384. The van der Waals surface area contributed by atoms with Crippen molar-refractivity contribution in [1.82, 2.24) is 4.98 Å². The highest BCUT2D eigenvalue weighted by molar-refractivity contribution is 7.12. The van der Waals surface area contributed by atoms with Crippen molar-refractivity contribution < 1.29 is 0 Å². The third-order valence-electron chi connectivity index (χ3n) is 4.74. The normalized spacial score (nSPS) is 20.2. The molecular formula is C17H20N2S. The summed E-state index contributed by atoms with van der Waals surface area (Å²) < 4.78 is 0. The fourth-order valence-electron chi connectivity index (χ4n) is 3.55. The van der Waals surface area contributed by atoms with E-state index in [0.29, 0.717) is 0 Å². The summed E-state index contributed by atoms with van der Waals surface area (Å²) in [6.45, 7) is 0. The number of hydrogen-bond donors (Lipinski definition) is 1. The minimum atomic E-state index is -0.166. The molecule has 4 rings (SSSR count). The van der Waals surface area contributed by atoms with Gasteiger partial charge >= 0.3 is 0 Å². The van der Waals surface area contributed by atoms with E-state index in [0.717, 1.165) is 19.3 Å². The predicted molar refractivity (Wildman–Crippen MR) is 83.9 cm³/mol. The monoisotopic (exact) mass is 284 g/mol. The minimum absolute atomic E-state index is 0.166. The molecule has 1 fully saturated rings. The van der Waals surface area contributed by atoms with E-state index in [-0.39, 0.29) is 5.54 Å². The van der Waals surface area contributed by atoms with Gasteiger partial charge in [0, 0.05) is 16.9 Å². The van der Waals surface area contributed by atoms with Crippen LogP contribution in [0.1, 0.15) is 54.0 Å². The Morgan fingerprint density at radius 1 is 1.05 bits per heavy atom. The van der Waals surface area contributed by atoms with E-state index in [1.807, 2.05) is 11.3 Å². The Morgan fingerprint density at radius 2 is 1.80 bits per heavy atom. The molecule has 0 amide bonds. The number of thiazole rings is 1. The van der Waals surface area contributed by atoms with Crippen molar-refractivity contribution >= 4 is 11.3 Å². The molecule has 2 aliphatic carbocycles. The van der Waals surface area contributed by atoms with Crippen molar-refractivity contribution in [2.24, 2.45) is 5.73 Å². The molecule has 1 aromatic heterocycles. The molecule has 2 nitrogen and oxygen atoms in total. The van der Waals surface area contributed by atoms with E-state index in [2.05, 4.69) is 24.3 Å². The van der Waals surface area contributed by atoms with Crippen LogP contribution in [0.3, 0.4) is 0 Å². The summed E-state index contributed by atoms with van der Waals surface area (Å²) in [5.41, 5.74) is 10.5. The zero-order valence-corrected chi connectivity index (χ0v) is 12.5. The maximum atomic E-state index is 6.71. The quantitative estimate of drug-likeness (QED) is 0.679. The van der Waals surface area contributed by atoms with E-state index in [1.165, 1.54) is 52.4 Å². The molecule has 1 aromatic carbocycles. The van der Waals surface area contributed by atoms with Crippen LogP contribution in [0.2, 0.25) is 0 Å². The lowest BCUT2D eigenvalue weighted by Gasteiger charge is -2.25. The maximum absolute atomic E-state index is 6.71. The molecule has 0 spiro atoms. The molecule has 0 bridgehead atoms. The second-order valence-corrected chi connectivity index (χ2v) is 7.28. The van der Waals surface area contributed by atoms with Crippen LogP contribution < -0.4 is 5.73 Å². The van der Waals surface area contributed by atoms with Crippen molar-refractivity contribution in [2.75, 3.05) is 0 Å². The smallest absolute Gasteiger partial charge is 0.113 e. The number of fused-ring (bicyclic) bond motifs is 3. The molecular weight excluding hydrogens is 264 g/mol. The van der Waals surface area contributed by atoms with Crippen molar-refractivity contribution in [3.63, 3.8) is 0 Å². The van der Waals surface area contributed by atoms with E-state index in [4.69, 9.17) is 10.7 Å². The van der Waals surface area contributed by atoms with E-state index in [9.17, 15) is 0 Å². The second-order valence-electron chi connectivity index (χ2n) is 6.20. The molecule has 2 aromatic rings. The first-order valence-corrected chi connectivity index (χ1v) is 8.45. The topological polar surface area (TPSA) is 38.9 Å². The van der Waals surface area contributed by atoms with Gasteiger partial charge in [-0.1, -0.05) is 49.9 Å². The van der Waals surface area contributed by atoms with Crippen molar-refractivity contribution in [3.05, 3.63) is 39.7 Å². The SMILES string of the molecule is NC1(c2nc3c(s2)Cc2ccccc2-3)CCCCCC1. The molecule has 3 heteroatoms. The van der Waals surface area contributed by atoms with Crippen molar-refractivity contribution in [3.8, 4) is 11.3 Å². The lowest BCUT2D eigenvalue weighted by Crippen LogP contribution is -2.35. The second kappa shape index (κ2) is 4.68. The summed E-state index contributed by atoms with van der Waals surface area (Å²) in [5.74, 6) is 0. The highest BCUT2D eigenvalue weighted by atomic mass is 32.1. The molecule has 1 heterocycles. The van der Waals surface area contributed by atoms with Crippen molar-refractivity contribution in [2.45, 2.75) is 50.5 Å². The number of nitrogens with zero attached hydrogens (tertiary/aromatic N) is 1. The molecule has 0 aliphatic heterocycles. The van der Waals surface area contributed by atoms with Gasteiger partial charge in [-0.15, -0.1) is 11.3 Å². The molecule has 1 saturated carbocycles. The summed E-state index contributed by atoms with van der Waals surface area (Å²) in [6.07, 6.45) is 8.38. The van der Waals surface area contributed by atoms with Crippen LogP contribution in [0.15, 0.2) is 24.3 Å². The number of rotatable bonds is 1. The number of nitrogens with two attached hydrogens (primary N) is 1. The number of hydrogen-bond acceptors (Lipinski definition) is 3. The number of aromatic nitrogens is 1. The molecule has 0 atom stereocenters. The van der Waals surface area contributed by atoms with Gasteiger partial charge in [-0.05, 0) is 18.4 Å². The molecule has 2 N–H and O–H groups in total. The Hall–Kier alpha value is -1.19. The van der Waals surface area contributed by atoms with Gasteiger partial charge < -0.3 is 5.73 Å². The van der Waals surface area contributed by atoms with Gasteiger partial charge in [0.1, 0.15) is 5.01 Å². The average Bonchev–Trinajstić information content (AvgIpc) is 2.93. The van der Waals surface area contributed by atoms with Crippen LogP contribution in [0, 0.1) is 0 Å². The summed E-state index contributed by atoms with van der Waals surface area (Å²) in [5, 5.41) is 1.18. The van der Waals surface area contributed by atoms with Crippen LogP contribution in [-0.2, 0) is 12.0 Å². The third kappa shape index (κ3) is 1.92. The van der Waals surface area contributed by atoms with E-state index >= 15 is 0 Å². The highest BCUT2D eigenvalue weighted by Gasteiger charge is 2.34. The van der Waals surface area contributed by atoms with Gasteiger partial charge in [0.05, 0.1) is 11.2 Å². The van der Waals surface area contributed by atoms with E-state index in [1.54, 1.807) is 0 Å². The van der Waals surface area contributed by atoms with Gasteiger partial charge in [-0.2, -0.15) is 0 Å². The molecule has 2 aliphatic rings. The lowest BCUT2D eigenvalue weighted by atomic mass is 9.92. The van der Waals surface area contributed by atoms with Crippen LogP contribution >= 0.6 is 11.3 Å². The Bertz CT molecular complexity index is 636. The van der Waals surface area contributed by atoms with Gasteiger partial charge in [0.15, 0.2) is 0 Å². The summed E-state index contributed by atoms with van der Waals surface area (Å²) >= 11 is 1.86. The Balaban J connectivity index is 1.73. The van der Waals surface area contributed by atoms with Gasteiger partial charge in [-0.25, -0.2) is 4.98 Å². The highest BCUT2D eigenvalue weighted by Crippen LogP contribution is 2.44. The predicted octanol–water partition coefficient (Wildman–Crippen LogP) is 4.22. The van der Waals surface area contributed by atoms with Crippen molar-refractivity contribution in [1.29, 1.82) is 0 Å². The van der Waals surface area contributed by atoms with Gasteiger partial charge in [-0.3, -0.25) is 0 Å². The summed E-state index contributed by atoms with van der Waals surface area (Å²) in [6, 6.07) is 8.64. The molecule has 0 radical (unpaired) electrons. The molecule has 0 unspecified atom stereocenters. The minimum Gasteiger partial charge on any atom is -0.319 e. The van der Waals surface area contributed by atoms with Crippen LogP contribution in [-0.4, -0.2) is 4.98 Å². The Morgan fingerprint density at radius 3 is 2.60 bits per heavy atom. The molecule has 0 saturated heterocycles. The van der Waals surface area contributed by atoms with Crippen LogP contribution in [0.25, 0.3) is 11.3 Å². The summed E-state index contributed by atoms with van der Waals surface area (Å²) in [7, 11) is 0. The molecule has 20 heavy (non-hydrogen) atoms. The average molecular weight is 284 g/mol. The first-order chi connectivity index (χ1) is 9.76. The fourth-order valence-corrected chi connectivity index (χ4v) is 4.80. The maximum Gasteiger partial charge on any atom is 0.113 e. The Labute approximate surface area is 124 Å². The first kappa shape index (κ1) is 12.5. The molecule has 104 valence electrons. The fraction of sp³-hybridized carbons (Fsp3) is 0.471. The largest absolute Gasteiger partial charge is 0.319 e. The van der Waals surface area contributed by atoms with E-state index < -0.39 is 0 Å². The van der Waals surface area contributed by atoms with Crippen LogP contribution in [0.4, 0.5) is 0 Å². The summed E-state index contributed by atoms with van der Waals surface area (Å²) in [4.78, 5) is 6.38. The number of benzene rings is 1. The first-order valence-electron chi connectivity index (χ1n) is 7.64.